The van der Waals surface area contributed by atoms with E-state index in [2.05, 4.69) is 20.8 Å². The van der Waals surface area contributed by atoms with Crippen LogP contribution in [0.5, 0.6) is 0 Å². The van der Waals surface area contributed by atoms with Crippen molar-refractivity contribution >= 4 is 0 Å². The molecule has 0 spiro atoms. The van der Waals surface area contributed by atoms with Crippen LogP contribution in [-0.2, 0) is 0 Å². The molecule has 0 aliphatic heterocycles. The predicted octanol–water partition coefficient (Wildman–Crippen LogP) is 5.95. The zero-order valence-electron chi connectivity index (χ0n) is 11.4. The van der Waals surface area contributed by atoms with E-state index in [1.807, 2.05) is 0 Å². The van der Waals surface area contributed by atoms with E-state index in [1.54, 1.807) is 0 Å². The van der Waals surface area contributed by atoms with Crippen LogP contribution in [0.25, 0.3) is 0 Å². The molecule has 0 saturated heterocycles. The lowest BCUT2D eigenvalue weighted by Crippen LogP contribution is -2.09. The predicted molar refractivity (Wildman–Crippen MR) is 71.3 cm³/mol. The highest BCUT2D eigenvalue weighted by Crippen LogP contribution is 2.30. The number of hydrogen-bond acceptors (Lipinski definition) is 0. The average Bonchev–Trinajstić information content (AvgIpc) is 2.18. The van der Waals surface area contributed by atoms with Gasteiger partial charge in [-0.25, -0.2) is 0 Å². The van der Waals surface area contributed by atoms with Crippen molar-refractivity contribution in [3.05, 3.63) is 0 Å². The van der Waals surface area contributed by atoms with Gasteiger partial charge in [-0.05, 0) is 5.92 Å². The fraction of sp³-hybridized carbons (Fsp3) is 1.00. The van der Waals surface area contributed by atoms with Crippen molar-refractivity contribution in [2.75, 3.05) is 0 Å². The van der Waals surface area contributed by atoms with Crippen molar-refractivity contribution in [2.45, 2.75) is 91.4 Å². The van der Waals surface area contributed by atoms with Gasteiger partial charge in [0.2, 0.25) is 0 Å². The minimum absolute atomic E-state index is 1.13. The van der Waals surface area contributed by atoms with E-state index in [0.717, 1.165) is 5.92 Å². The van der Waals surface area contributed by atoms with E-state index < -0.39 is 0 Å². The molecule has 1 saturated carbocycles. The van der Waals surface area contributed by atoms with Crippen LogP contribution >= 0.6 is 0 Å². The van der Waals surface area contributed by atoms with Gasteiger partial charge in [-0.15, -0.1) is 0 Å². The summed E-state index contributed by atoms with van der Waals surface area (Å²) in [5.41, 5.74) is 0. The van der Waals surface area contributed by atoms with E-state index in [9.17, 15) is 0 Å². The molecule has 1 fully saturated rings. The lowest BCUT2D eigenvalue weighted by atomic mass is 9.82. The first kappa shape index (κ1) is 15.0. The highest BCUT2D eigenvalue weighted by molar-refractivity contribution is 4.68. The van der Waals surface area contributed by atoms with Crippen LogP contribution < -0.4 is 0 Å². The first-order valence-corrected chi connectivity index (χ1v) is 7.35. The van der Waals surface area contributed by atoms with Crippen LogP contribution in [0.1, 0.15) is 91.4 Å². The first-order chi connectivity index (χ1) is 7.35. The molecule has 0 heterocycles. The monoisotopic (exact) mass is 212 g/mol. The Hall–Kier alpha value is 0. The molecule has 0 unspecified atom stereocenters. The van der Waals surface area contributed by atoms with E-state index in [-0.39, 0.29) is 0 Å². The van der Waals surface area contributed by atoms with E-state index in [4.69, 9.17) is 0 Å². The van der Waals surface area contributed by atoms with E-state index in [1.165, 1.54) is 70.6 Å². The second-order valence-electron chi connectivity index (χ2n) is 5.00. The van der Waals surface area contributed by atoms with Gasteiger partial charge in [0.1, 0.15) is 0 Å². The number of hydrogen-bond donors (Lipinski definition) is 0. The summed E-state index contributed by atoms with van der Waals surface area (Å²) in [7, 11) is 0. The summed E-state index contributed by atoms with van der Waals surface area (Å²) in [5, 5.41) is 0. The quantitative estimate of drug-likeness (QED) is 0.457. The Morgan fingerprint density at radius 3 is 1.60 bits per heavy atom. The minimum atomic E-state index is 1.13. The molecule has 1 aliphatic carbocycles. The molecule has 0 aromatic heterocycles. The molecule has 0 N–H and O–H groups in total. The summed E-state index contributed by atoms with van der Waals surface area (Å²) >= 11 is 0. The summed E-state index contributed by atoms with van der Waals surface area (Å²) < 4.78 is 0. The fourth-order valence-corrected chi connectivity index (χ4v) is 1.95. The Labute approximate surface area is 97.8 Å². The third-order valence-corrected chi connectivity index (χ3v) is 3.40. The van der Waals surface area contributed by atoms with Crippen molar-refractivity contribution in [1.82, 2.24) is 0 Å². The standard InChI is InChI=1S/C8H16.C7H16/c1-2-3-5-8-6-4-7-8;1-3-5-7-6-4-2/h8H,2-7H2,1H3;3-7H2,1-2H3. The van der Waals surface area contributed by atoms with Gasteiger partial charge in [0, 0.05) is 0 Å². The molecule has 0 atom stereocenters. The summed E-state index contributed by atoms with van der Waals surface area (Å²) in [6.07, 6.45) is 15.9. The molecule has 1 rings (SSSR count). The fourth-order valence-electron chi connectivity index (χ4n) is 1.95. The lowest BCUT2D eigenvalue weighted by Gasteiger charge is -2.24. The summed E-state index contributed by atoms with van der Waals surface area (Å²) in [6.45, 7) is 6.77. The summed E-state index contributed by atoms with van der Waals surface area (Å²) in [6, 6.07) is 0. The van der Waals surface area contributed by atoms with Gasteiger partial charge in [0.05, 0.1) is 0 Å². The topological polar surface area (TPSA) is 0 Å². The Balaban J connectivity index is 0.000000265. The number of unbranched alkanes of at least 4 members (excludes halogenated alkanes) is 5. The Bertz CT molecular complexity index is 98.6. The molecule has 0 nitrogen and oxygen atoms in total. The average molecular weight is 212 g/mol. The Kier molecular flexibility index (Phi) is 12.1. The minimum Gasteiger partial charge on any atom is -0.0654 e. The van der Waals surface area contributed by atoms with E-state index >= 15 is 0 Å². The third kappa shape index (κ3) is 10.3. The maximum atomic E-state index is 2.28. The van der Waals surface area contributed by atoms with Crippen molar-refractivity contribution in [1.29, 1.82) is 0 Å². The van der Waals surface area contributed by atoms with Gasteiger partial charge >= 0.3 is 0 Å². The van der Waals surface area contributed by atoms with Crippen LogP contribution in [0, 0.1) is 5.92 Å². The molecule has 0 amide bonds. The largest absolute Gasteiger partial charge is 0.0654 e. The normalized spacial score (nSPS) is 15.4. The molecule has 15 heavy (non-hydrogen) atoms. The number of rotatable bonds is 7. The molecular formula is C15H32. The van der Waals surface area contributed by atoms with Gasteiger partial charge in [-0.3, -0.25) is 0 Å². The highest BCUT2D eigenvalue weighted by Gasteiger charge is 2.15. The Morgan fingerprint density at radius 2 is 1.27 bits per heavy atom. The maximum absolute atomic E-state index is 2.28. The lowest BCUT2D eigenvalue weighted by molar-refractivity contribution is 0.289. The SMILES string of the molecule is CCCCC1CCC1.CCCCCCC. The molecule has 0 aromatic rings. The van der Waals surface area contributed by atoms with Gasteiger partial charge in [-0.2, -0.15) is 0 Å². The second-order valence-corrected chi connectivity index (χ2v) is 5.00. The van der Waals surface area contributed by atoms with E-state index in [0.29, 0.717) is 0 Å². The molecule has 1 aliphatic rings. The van der Waals surface area contributed by atoms with Gasteiger partial charge in [0.25, 0.3) is 0 Å². The van der Waals surface area contributed by atoms with Crippen LogP contribution in [0.4, 0.5) is 0 Å². The van der Waals surface area contributed by atoms with Crippen LogP contribution in [0.15, 0.2) is 0 Å². The molecular weight excluding hydrogens is 180 g/mol. The Morgan fingerprint density at radius 1 is 0.733 bits per heavy atom. The molecule has 0 heteroatoms. The zero-order valence-corrected chi connectivity index (χ0v) is 11.4. The molecule has 0 bridgehead atoms. The van der Waals surface area contributed by atoms with Gasteiger partial charge in [0.15, 0.2) is 0 Å². The molecule has 92 valence electrons. The second kappa shape index (κ2) is 12.1. The highest BCUT2D eigenvalue weighted by atomic mass is 14.2. The summed E-state index contributed by atoms with van der Waals surface area (Å²) in [5.74, 6) is 1.13. The van der Waals surface area contributed by atoms with Gasteiger partial charge in [-0.1, -0.05) is 91.4 Å². The maximum Gasteiger partial charge on any atom is -0.0414 e. The summed E-state index contributed by atoms with van der Waals surface area (Å²) in [4.78, 5) is 0. The van der Waals surface area contributed by atoms with Gasteiger partial charge < -0.3 is 0 Å². The molecule has 0 aromatic carbocycles. The smallest absolute Gasteiger partial charge is 0.0414 e. The van der Waals surface area contributed by atoms with Crippen molar-refractivity contribution in [3.8, 4) is 0 Å². The first-order valence-electron chi connectivity index (χ1n) is 7.35. The van der Waals surface area contributed by atoms with Crippen LogP contribution in [0.2, 0.25) is 0 Å². The third-order valence-electron chi connectivity index (χ3n) is 3.40. The van der Waals surface area contributed by atoms with Crippen LogP contribution in [0.3, 0.4) is 0 Å². The molecule has 0 radical (unpaired) electrons. The van der Waals surface area contributed by atoms with Crippen molar-refractivity contribution in [3.63, 3.8) is 0 Å². The van der Waals surface area contributed by atoms with Crippen molar-refractivity contribution in [2.24, 2.45) is 5.92 Å². The van der Waals surface area contributed by atoms with Crippen molar-refractivity contribution < 1.29 is 0 Å². The van der Waals surface area contributed by atoms with Crippen LogP contribution in [-0.4, -0.2) is 0 Å². The zero-order chi connectivity index (χ0) is 11.4.